The number of benzene rings is 4. The first-order valence-electron chi connectivity index (χ1n) is 13.0. The van der Waals surface area contributed by atoms with Crippen LogP contribution in [0, 0.1) is 0 Å². The molecule has 1 unspecified atom stereocenters. The minimum absolute atomic E-state index is 0.183. The van der Waals surface area contributed by atoms with Gasteiger partial charge in [-0.3, -0.25) is 0 Å². The maximum atomic E-state index is 12.7. The molecule has 5 rings (SSSR count). The summed E-state index contributed by atoms with van der Waals surface area (Å²) >= 11 is 0. The largest absolute Gasteiger partial charge is 0.459 e. The summed E-state index contributed by atoms with van der Waals surface area (Å²) in [6, 6.07) is 31.0. The maximum absolute atomic E-state index is 12.7. The summed E-state index contributed by atoms with van der Waals surface area (Å²) in [7, 11) is 0. The number of carbonyl (C=O) groups excluding carboxylic acids is 1. The van der Waals surface area contributed by atoms with E-state index in [-0.39, 0.29) is 19.8 Å². The summed E-state index contributed by atoms with van der Waals surface area (Å²) in [5.74, 6) is -0.536. The SMILES string of the molecule is [N-]=[N+]=N[C@H]1C(O)O[C@H](COC(=O)c2ccccc2)[C@@H](OCc2ccc3ccccc3c2)[C@@H]1OCc1ccccc1. The van der Waals surface area contributed by atoms with Crippen LogP contribution in [-0.2, 0) is 32.2 Å². The van der Waals surface area contributed by atoms with Crippen LogP contribution in [0.4, 0.5) is 0 Å². The van der Waals surface area contributed by atoms with E-state index < -0.39 is 36.6 Å². The molecule has 9 nitrogen and oxygen atoms in total. The van der Waals surface area contributed by atoms with Crippen LogP contribution < -0.4 is 0 Å². The van der Waals surface area contributed by atoms with E-state index in [2.05, 4.69) is 10.0 Å². The standard InChI is InChI=1S/C31H29N3O6/c32-34-33-27-29(38-18-21-9-3-1-4-10-21)28(37-19-22-15-16-23-11-7-8-14-25(23)17-22)26(40-31(27)36)20-39-30(35)24-12-5-2-6-13-24/h1-17,26-29,31,36H,18-20H2/t26-,27-,28-,29-,31?/m1/s1. The van der Waals surface area contributed by atoms with Crippen molar-refractivity contribution in [1.29, 1.82) is 0 Å². The van der Waals surface area contributed by atoms with E-state index in [1.807, 2.05) is 72.8 Å². The van der Waals surface area contributed by atoms with Crippen molar-refractivity contribution in [1.82, 2.24) is 0 Å². The highest BCUT2D eigenvalue weighted by Crippen LogP contribution is 2.30. The zero-order valence-corrected chi connectivity index (χ0v) is 21.7. The Labute approximate surface area is 231 Å². The zero-order valence-electron chi connectivity index (χ0n) is 21.7. The molecule has 1 aliphatic heterocycles. The van der Waals surface area contributed by atoms with Crippen molar-refractivity contribution in [3.8, 4) is 0 Å². The number of fused-ring (bicyclic) bond motifs is 1. The van der Waals surface area contributed by atoms with Crippen LogP contribution in [0.5, 0.6) is 0 Å². The van der Waals surface area contributed by atoms with Crippen molar-refractivity contribution in [3.63, 3.8) is 0 Å². The van der Waals surface area contributed by atoms with Crippen LogP contribution in [0.15, 0.2) is 108 Å². The van der Waals surface area contributed by atoms with E-state index in [0.29, 0.717) is 5.56 Å². The molecule has 0 bridgehead atoms. The second-order valence-corrected chi connectivity index (χ2v) is 9.44. The molecule has 1 saturated heterocycles. The predicted octanol–water partition coefficient (Wildman–Crippen LogP) is 5.56. The van der Waals surface area contributed by atoms with Gasteiger partial charge in [0.05, 0.1) is 18.8 Å². The number of rotatable bonds is 10. The van der Waals surface area contributed by atoms with Crippen LogP contribution in [0.2, 0.25) is 0 Å². The maximum Gasteiger partial charge on any atom is 0.338 e. The topological polar surface area (TPSA) is 123 Å². The minimum atomic E-state index is -1.49. The summed E-state index contributed by atoms with van der Waals surface area (Å²) in [6.07, 6.45) is -4.11. The Hall–Kier alpha value is -4.24. The highest BCUT2D eigenvalue weighted by molar-refractivity contribution is 5.89. The zero-order chi connectivity index (χ0) is 27.7. The first-order chi connectivity index (χ1) is 19.6. The van der Waals surface area contributed by atoms with E-state index in [1.165, 1.54) is 0 Å². The van der Waals surface area contributed by atoms with Gasteiger partial charge < -0.3 is 24.1 Å². The number of nitrogens with zero attached hydrogens (tertiary/aromatic N) is 3. The summed E-state index contributed by atoms with van der Waals surface area (Å²) in [6.45, 7) is 0.162. The van der Waals surface area contributed by atoms with Crippen LogP contribution in [0.3, 0.4) is 0 Å². The van der Waals surface area contributed by atoms with Crippen molar-refractivity contribution in [2.75, 3.05) is 6.61 Å². The second kappa shape index (κ2) is 13.2. The van der Waals surface area contributed by atoms with Gasteiger partial charge in [0.1, 0.15) is 31.0 Å². The average molecular weight is 540 g/mol. The van der Waals surface area contributed by atoms with Gasteiger partial charge in [0.25, 0.3) is 0 Å². The highest BCUT2D eigenvalue weighted by Gasteiger charge is 2.47. The highest BCUT2D eigenvalue weighted by atomic mass is 16.7. The molecule has 1 fully saturated rings. The quantitative estimate of drug-likeness (QED) is 0.122. The van der Waals surface area contributed by atoms with Gasteiger partial charge >= 0.3 is 5.97 Å². The molecule has 1 heterocycles. The normalized spacial score (nSPS) is 22.4. The Kier molecular flexibility index (Phi) is 9.03. The van der Waals surface area contributed by atoms with Gasteiger partial charge in [0.2, 0.25) is 0 Å². The van der Waals surface area contributed by atoms with E-state index in [4.69, 9.17) is 18.9 Å². The molecule has 5 atom stereocenters. The van der Waals surface area contributed by atoms with Gasteiger partial charge in [-0.15, -0.1) is 0 Å². The Balaban J connectivity index is 1.39. The lowest BCUT2D eigenvalue weighted by Gasteiger charge is -2.43. The molecule has 0 saturated carbocycles. The number of aliphatic hydroxyl groups is 1. The van der Waals surface area contributed by atoms with E-state index >= 15 is 0 Å². The van der Waals surface area contributed by atoms with Gasteiger partial charge in [-0.2, -0.15) is 0 Å². The van der Waals surface area contributed by atoms with E-state index in [1.54, 1.807) is 30.3 Å². The molecule has 0 spiro atoms. The Morgan fingerprint density at radius 3 is 2.23 bits per heavy atom. The molecule has 0 aliphatic carbocycles. The van der Waals surface area contributed by atoms with Gasteiger partial charge in [-0.25, -0.2) is 4.79 Å². The molecule has 4 aromatic rings. The van der Waals surface area contributed by atoms with Gasteiger partial charge in [-0.1, -0.05) is 90.0 Å². The summed E-state index contributed by atoms with van der Waals surface area (Å²) in [5, 5.41) is 16.7. The smallest absolute Gasteiger partial charge is 0.338 e. The second-order valence-electron chi connectivity index (χ2n) is 9.44. The summed E-state index contributed by atoms with van der Waals surface area (Å²) < 4.78 is 23.9. The average Bonchev–Trinajstić information content (AvgIpc) is 3.00. The first kappa shape index (κ1) is 27.3. The monoisotopic (exact) mass is 539 g/mol. The molecular formula is C31H29N3O6. The molecule has 9 heteroatoms. The molecule has 4 aromatic carbocycles. The lowest BCUT2D eigenvalue weighted by atomic mass is 9.96. The summed E-state index contributed by atoms with van der Waals surface area (Å²) in [4.78, 5) is 15.6. The first-order valence-corrected chi connectivity index (χ1v) is 13.0. The van der Waals surface area contributed by atoms with Crippen molar-refractivity contribution >= 4 is 16.7 Å². The van der Waals surface area contributed by atoms with Crippen molar-refractivity contribution in [3.05, 3.63) is 130 Å². The number of carbonyl (C=O) groups is 1. The van der Waals surface area contributed by atoms with Crippen LogP contribution >= 0.6 is 0 Å². The molecule has 1 N–H and O–H groups in total. The van der Waals surface area contributed by atoms with Crippen molar-refractivity contribution in [2.45, 2.75) is 43.9 Å². The lowest BCUT2D eigenvalue weighted by Crippen LogP contribution is -2.59. The van der Waals surface area contributed by atoms with E-state index in [9.17, 15) is 15.4 Å². The number of hydrogen-bond donors (Lipinski definition) is 1. The Morgan fingerprint density at radius 1 is 0.825 bits per heavy atom. The molecule has 1 aliphatic rings. The molecule has 40 heavy (non-hydrogen) atoms. The number of esters is 1. The molecule has 0 aromatic heterocycles. The molecule has 204 valence electrons. The summed E-state index contributed by atoms with van der Waals surface area (Å²) in [5.41, 5.74) is 11.4. The van der Waals surface area contributed by atoms with Gasteiger partial charge in [-0.05, 0) is 45.6 Å². The van der Waals surface area contributed by atoms with Crippen LogP contribution in [-0.4, -0.2) is 48.3 Å². The molecule has 0 amide bonds. The van der Waals surface area contributed by atoms with E-state index in [0.717, 1.165) is 21.9 Å². The Bertz CT molecular complexity index is 1460. The third-order valence-corrected chi connectivity index (χ3v) is 6.75. The fourth-order valence-electron chi connectivity index (χ4n) is 4.72. The molecule has 0 radical (unpaired) electrons. The van der Waals surface area contributed by atoms with Crippen molar-refractivity contribution < 1.29 is 28.8 Å². The van der Waals surface area contributed by atoms with Gasteiger partial charge in [0, 0.05) is 4.91 Å². The number of ether oxygens (including phenoxy) is 4. The number of aliphatic hydroxyl groups excluding tert-OH is 1. The number of azide groups is 1. The van der Waals surface area contributed by atoms with Crippen molar-refractivity contribution in [2.24, 2.45) is 5.11 Å². The predicted molar refractivity (Wildman–Crippen MR) is 148 cm³/mol. The van der Waals surface area contributed by atoms with Gasteiger partial charge in [0.15, 0.2) is 6.29 Å². The lowest BCUT2D eigenvalue weighted by molar-refractivity contribution is -0.270. The number of hydrogen-bond acceptors (Lipinski definition) is 7. The minimum Gasteiger partial charge on any atom is -0.459 e. The van der Waals surface area contributed by atoms with Crippen LogP contribution in [0.25, 0.3) is 21.2 Å². The molecular weight excluding hydrogens is 510 g/mol. The third-order valence-electron chi connectivity index (χ3n) is 6.75. The van der Waals surface area contributed by atoms with Crippen LogP contribution in [0.1, 0.15) is 21.5 Å². The fraction of sp³-hybridized carbons (Fsp3) is 0.258. The fourth-order valence-corrected chi connectivity index (χ4v) is 4.72. The Morgan fingerprint density at radius 2 is 1.48 bits per heavy atom. The third kappa shape index (κ3) is 6.66.